The van der Waals surface area contributed by atoms with Crippen LogP contribution >= 0.6 is 0 Å². The van der Waals surface area contributed by atoms with Crippen LogP contribution in [0, 0.1) is 11.8 Å². The van der Waals surface area contributed by atoms with Crippen molar-refractivity contribution in [1.29, 1.82) is 0 Å². The Labute approximate surface area is 128 Å². The fraction of sp³-hybridized carbons (Fsp3) is 0.867. The minimum absolute atomic E-state index is 0.177. The molecule has 5 nitrogen and oxygen atoms in total. The number of hydrogen-bond acceptors (Lipinski definition) is 4. The van der Waals surface area contributed by atoms with E-state index in [1.807, 2.05) is 0 Å². The van der Waals surface area contributed by atoms with Gasteiger partial charge in [0.15, 0.2) is 0 Å². The van der Waals surface area contributed by atoms with Gasteiger partial charge in [0.2, 0.25) is 10.0 Å². The van der Waals surface area contributed by atoms with Crippen LogP contribution in [-0.4, -0.2) is 57.9 Å². The van der Waals surface area contributed by atoms with Crippen molar-refractivity contribution in [2.75, 3.05) is 45.1 Å². The lowest BCUT2D eigenvalue weighted by atomic mass is 9.80. The van der Waals surface area contributed by atoms with Crippen LogP contribution in [0.25, 0.3) is 0 Å². The van der Waals surface area contributed by atoms with Crippen LogP contribution in [0.15, 0.2) is 11.6 Å². The number of ether oxygens (including phenoxy) is 1. The first-order valence-electron chi connectivity index (χ1n) is 7.93. The molecule has 1 N–H and O–H groups in total. The smallest absolute Gasteiger partial charge is 0.215 e. The minimum Gasteiger partial charge on any atom is -0.379 e. The Morgan fingerprint density at radius 1 is 1.38 bits per heavy atom. The Bertz CT molecular complexity index is 456. The van der Waals surface area contributed by atoms with Crippen molar-refractivity contribution in [1.82, 2.24) is 9.62 Å². The number of rotatable bonds is 6. The normalized spacial score (nSPS) is 28.4. The van der Waals surface area contributed by atoms with E-state index < -0.39 is 10.0 Å². The summed E-state index contributed by atoms with van der Waals surface area (Å²) in [7, 11) is -3.14. The highest BCUT2D eigenvalue weighted by atomic mass is 32.2. The zero-order valence-corrected chi connectivity index (χ0v) is 14.0. The molecule has 2 atom stereocenters. The number of nitrogens with zero attached hydrogens (tertiary/aromatic N) is 1. The summed E-state index contributed by atoms with van der Waals surface area (Å²) in [6.45, 7) is 7.87. The summed E-state index contributed by atoms with van der Waals surface area (Å²) >= 11 is 0. The first-order chi connectivity index (χ1) is 10.0. The third-order valence-electron chi connectivity index (χ3n) is 4.62. The lowest BCUT2D eigenvalue weighted by Gasteiger charge is -2.29. The number of hydrogen-bond donors (Lipinski definition) is 1. The summed E-state index contributed by atoms with van der Waals surface area (Å²) in [5.41, 5.74) is 1.44. The van der Waals surface area contributed by atoms with Crippen LogP contribution in [0.2, 0.25) is 0 Å². The topological polar surface area (TPSA) is 58.6 Å². The second-order valence-electron chi connectivity index (χ2n) is 6.14. The van der Waals surface area contributed by atoms with E-state index in [2.05, 4.69) is 25.2 Å². The van der Waals surface area contributed by atoms with Gasteiger partial charge in [0, 0.05) is 26.2 Å². The van der Waals surface area contributed by atoms with E-state index in [9.17, 15) is 8.42 Å². The predicted molar refractivity (Wildman–Crippen MR) is 84.7 cm³/mol. The fourth-order valence-corrected chi connectivity index (χ4v) is 4.52. The summed E-state index contributed by atoms with van der Waals surface area (Å²) in [4.78, 5) is 0. The predicted octanol–water partition coefficient (Wildman–Crippen LogP) is 1.23. The van der Waals surface area contributed by atoms with Gasteiger partial charge in [0.1, 0.15) is 0 Å². The Morgan fingerprint density at radius 2 is 2.10 bits per heavy atom. The molecule has 1 saturated heterocycles. The SMILES string of the molecule is CC1=CCC[C@H](C)[C@H]1CNCCS(=O)(=O)N1CCOCC1. The van der Waals surface area contributed by atoms with Gasteiger partial charge in [-0.05, 0) is 31.6 Å². The highest BCUT2D eigenvalue weighted by Gasteiger charge is 2.25. The molecule has 0 aromatic carbocycles. The summed E-state index contributed by atoms with van der Waals surface area (Å²) in [6, 6.07) is 0. The van der Waals surface area contributed by atoms with Crippen molar-refractivity contribution in [3.8, 4) is 0 Å². The molecule has 0 aromatic rings. The lowest BCUT2D eigenvalue weighted by Crippen LogP contribution is -2.43. The lowest BCUT2D eigenvalue weighted by molar-refractivity contribution is 0.0730. The third-order valence-corrected chi connectivity index (χ3v) is 6.50. The van der Waals surface area contributed by atoms with Crippen molar-refractivity contribution in [2.24, 2.45) is 11.8 Å². The van der Waals surface area contributed by atoms with Crippen molar-refractivity contribution in [2.45, 2.75) is 26.7 Å². The molecule has 2 aliphatic rings. The molecule has 1 aliphatic heterocycles. The van der Waals surface area contributed by atoms with Crippen LogP contribution in [-0.2, 0) is 14.8 Å². The standard InChI is InChI=1S/C15H28N2O3S/c1-13-4-3-5-14(2)15(13)12-16-6-11-21(18,19)17-7-9-20-10-8-17/h4,14-16H,3,5-12H2,1-2H3/t14-,15-/m0/s1. The Hall–Kier alpha value is -0.430. The molecule has 0 radical (unpaired) electrons. The molecule has 2 rings (SSSR count). The number of sulfonamides is 1. The summed E-state index contributed by atoms with van der Waals surface area (Å²) in [5.74, 6) is 1.40. The van der Waals surface area contributed by atoms with Crippen molar-refractivity contribution in [3.63, 3.8) is 0 Å². The molecule has 0 aromatic heterocycles. The molecule has 0 amide bonds. The van der Waals surface area contributed by atoms with Crippen LogP contribution in [0.3, 0.4) is 0 Å². The Balaban J connectivity index is 1.73. The maximum atomic E-state index is 12.2. The second-order valence-corrected chi connectivity index (χ2v) is 8.23. The van der Waals surface area contributed by atoms with E-state index in [-0.39, 0.29) is 5.75 Å². The van der Waals surface area contributed by atoms with E-state index in [1.165, 1.54) is 18.4 Å². The third kappa shape index (κ3) is 4.77. The molecule has 6 heteroatoms. The Kier molecular flexibility index (Phi) is 6.22. The van der Waals surface area contributed by atoms with Crippen LogP contribution < -0.4 is 5.32 Å². The molecule has 0 saturated carbocycles. The quantitative estimate of drug-likeness (QED) is 0.591. The number of allylic oxidation sites excluding steroid dienone is 1. The average Bonchev–Trinajstić information content (AvgIpc) is 2.47. The summed E-state index contributed by atoms with van der Waals surface area (Å²) in [6.07, 6.45) is 4.72. The van der Waals surface area contributed by atoms with E-state index >= 15 is 0 Å². The van der Waals surface area contributed by atoms with Gasteiger partial charge >= 0.3 is 0 Å². The van der Waals surface area contributed by atoms with Crippen molar-refractivity contribution in [3.05, 3.63) is 11.6 Å². The zero-order valence-electron chi connectivity index (χ0n) is 13.2. The van der Waals surface area contributed by atoms with Gasteiger partial charge in [-0.1, -0.05) is 18.6 Å². The molecule has 0 bridgehead atoms. The second kappa shape index (κ2) is 7.72. The van der Waals surface area contributed by atoms with Crippen LogP contribution in [0.5, 0.6) is 0 Å². The fourth-order valence-electron chi connectivity index (χ4n) is 3.15. The van der Waals surface area contributed by atoms with Gasteiger partial charge in [-0.25, -0.2) is 8.42 Å². The maximum absolute atomic E-state index is 12.2. The molecule has 0 spiro atoms. The first-order valence-corrected chi connectivity index (χ1v) is 9.54. The maximum Gasteiger partial charge on any atom is 0.215 e. The van der Waals surface area contributed by atoms with E-state index in [4.69, 9.17) is 4.74 Å². The van der Waals surface area contributed by atoms with Crippen LogP contribution in [0.4, 0.5) is 0 Å². The van der Waals surface area contributed by atoms with Gasteiger partial charge in [-0.15, -0.1) is 0 Å². The van der Waals surface area contributed by atoms with E-state index in [0.717, 1.165) is 6.54 Å². The monoisotopic (exact) mass is 316 g/mol. The molecule has 1 heterocycles. The number of morpholine rings is 1. The molecule has 0 unspecified atom stereocenters. The molecule has 1 aliphatic carbocycles. The van der Waals surface area contributed by atoms with Crippen molar-refractivity contribution < 1.29 is 13.2 Å². The largest absolute Gasteiger partial charge is 0.379 e. The average molecular weight is 316 g/mol. The molecular weight excluding hydrogens is 288 g/mol. The molecule has 1 fully saturated rings. The van der Waals surface area contributed by atoms with Gasteiger partial charge in [-0.3, -0.25) is 0 Å². The zero-order chi connectivity index (χ0) is 15.3. The highest BCUT2D eigenvalue weighted by Crippen LogP contribution is 2.29. The van der Waals surface area contributed by atoms with E-state index in [0.29, 0.717) is 44.7 Å². The first kappa shape index (κ1) is 16.9. The summed E-state index contributed by atoms with van der Waals surface area (Å²) < 4.78 is 31.1. The number of nitrogens with one attached hydrogen (secondary N) is 1. The van der Waals surface area contributed by atoms with Gasteiger partial charge in [0.05, 0.1) is 19.0 Å². The van der Waals surface area contributed by atoms with Crippen molar-refractivity contribution >= 4 is 10.0 Å². The van der Waals surface area contributed by atoms with Gasteiger partial charge in [-0.2, -0.15) is 4.31 Å². The van der Waals surface area contributed by atoms with Gasteiger partial charge in [0.25, 0.3) is 0 Å². The minimum atomic E-state index is -3.14. The Morgan fingerprint density at radius 3 is 2.76 bits per heavy atom. The van der Waals surface area contributed by atoms with Crippen LogP contribution in [0.1, 0.15) is 26.7 Å². The molecule has 21 heavy (non-hydrogen) atoms. The van der Waals surface area contributed by atoms with Gasteiger partial charge < -0.3 is 10.1 Å². The summed E-state index contributed by atoms with van der Waals surface area (Å²) in [5, 5.41) is 3.33. The molecular formula is C15H28N2O3S. The van der Waals surface area contributed by atoms with E-state index in [1.54, 1.807) is 4.31 Å². The highest BCUT2D eigenvalue weighted by molar-refractivity contribution is 7.89. The molecule has 122 valence electrons.